The van der Waals surface area contributed by atoms with Gasteiger partial charge >= 0.3 is 0 Å². The zero-order chi connectivity index (χ0) is 26.7. The molecular weight excluding hydrogens is 591 g/mol. The zero-order valence-electron chi connectivity index (χ0n) is 20.7. The van der Waals surface area contributed by atoms with Crippen molar-refractivity contribution in [3.8, 4) is 23.3 Å². The van der Waals surface area contributed by atoms with Crippen molar-refractivity contribution in [3.63, 3.8) is 0 Å². The van der Waals surface area contributed by atoms with E-state index in [0.29, 0.717) is 41.7 Å². The van der Waals surface area contributed by atoms with Crippen molar-refractivity contribution < 1.29 is 19.0 Å². The minimum Gasteiger partial charge on any atom is -0.493 e. The number of nitrogens with zero attached hydrogens (tertiary/aromatic N) is 1. The second kappa shape index (κ2) is 13.3. The molecule has 7 heteroatoms. The maximum absolute atomic E-state index is 12.8. The third-order valence-electron chi connectivity index (χ3n) is 5.51. The van der Waals surface area contributed by atoms with Gasteiger partial charge in [0, 0.05) is 5.69 Å². The number of carbonyl (C=O) groups is 1. The monoisotopic (exact) mass is 616 g/mol. The molecule has 0 atom stereocenters. The fourth-order valence-electron chi connectivity index (χ4n) is 3.58. The Bertz CT molecular complexity index is 1450. The van der Waals surface area contributed by atoms with Crippen LogP contribution >= 0.6 is 22.6 Å². The Morgan fingerprint density at radius 3 is 2.08 bits per heavy atom. The van der Waals surface area contributed by atoms with Crippen LogP contribution in [-0.4, -0.2) is 13.0 Å². The number of rotatable bonds is 10. The molecule has 0 saturated heterocycles. The van der Waals surface area contributed by atoms with Gasteiger partial charge in [-0.3, -0.25) is 4.79 Å². The molecule has 0 aromatic heterocycles. The van der Waals surface area contributed by atoms with Crippen LogP contribution in [-0.2, 0) is 18.0 Å². The molecule has 1 N–H and O–H groups in total. The van der Waals surface area contributed by atoms with Crippen molar-refractivity contribution in [1.29, 1.82) is 5.26 Å². The highest BCUT2D eigenvalue weighted by Gasteiger charge is 2.14. The summed E-state index contributed by atoms with van der Waals surface area (Å²) in [6.07, 6.45) is 1.53. The Labute approximate surface area is 235 Å². The fraction of sp³-hybridized carbons (Fsp3) is 0.0968. The minimum absolute atomic E-state index is 0.0368. The average Bonchev–Trinajstić information content (AvgIpc) is 2.95. The third kappa shape index (κ3) is 7.37. The molecule has 0 aliphatic carbocycles. The summed E-state index contributed by atoms with van der Waals surface area (Å²) in [5.74, 6) is 1.29. The number of carbonyl (C=O) groups excluding carboxylic acids is 1. The summed E-state index contributed by atoms with van der Waals surface area (Å²) in [5, 5.41) is 12.4. The largest absolute Gasteiger partial charge is 0.493 e. The van der Waals surface area contributed by atoms with Crippen molar-refractivity contribution in [3.05, 3.63) is 123 Å². The Morgan fingerprint density at radius 2 is 1.50 bits per heavy atom. The number of hydrogen-bond acceptors (Lipinski definition) is 5. The first-order valence-electron chi connectivity index (χ1n) is 11.8. The standard InChI is InChI=1S/C31H25IN2O4/c1-36-29-18-24(17-28(32)30(29)38-21-23-10-6-3-7-11-23)16-25(19-33)31(35)34-26-12-14-27(15-13-26)37-20-22-8-4-2-5-9-22/h2-18H,20-21H2,1H3,(H,34,35)/b25-16+. The lowest BCUT2D eigenvalue weighted by atomic mass is 10.1. The van der Waals surface area contributed by atoms with E-state index in [0.717, 1.165) is 14.7 Å². The van der Waals surface area contributed by atoms with Gasteiger partial charge in [0.1, 0.15) is 30.6 Å². The van der Waals surface area contributed by atoms with Crippen LogP contribution in [0.4, 0.5) is 5.69 Å². The molecule has 4 rings (SSSR count). The van der Waals surface area contributed by atoms with Gasteiger partial charge in [-0.2, -0.15) is 5.26 Å². The lowest BCUT2D eigenvalue weighted by Crippen LogP contribution is -2.13. The second-order valence-corrected chi connectivity index (χ2v) is 9.39. The van der Waals surface area contributed by atoms with Gasteiger partial charge < -0.3 is 19.5 Å². The lowest BCUT2D eigenvalue weighted by Gasteiger charge is -2.14. The van der Waals surface area contributed by atoms with Crippen LogP contribution in [0.5, 0.6) is 17.2 Å². The summed E-state index contributed by atoms with van der Waals surface area (Å²) in [4.78, 5) is 12.8. The molecule has 0 bridgehead atoms. The van der Waals surface area contributed by atoms with Crippen LogP contribution in [0.2, 0.25) is 0 Å². The normalized spacial score (nSPS) is 10.8. The van der Waals surface area contributed by atoms with Crippen molar-refractivity contribution in [1.82, 2.24) is 0 Å². The molecule has 0 saturated carbocycles. The van der Waals surface area contributed by atoms with E-state index < -0.39 is 5.91 Å². The van der Waals surface area contributed by atoms with Gasteiger partial charge in [0.25, 0.3) is 5.91 Å². The summed E-state index contributed by atoms with van der Waals surface area (Å²) in [5.41, 5.74) is 3.27. The third-order valence-corrected chi connectivity index (χ3v) is 6.32. The van der Waals surface area contributed by atoms with E-state index in [1.54, 1.807) is 37.4 Å². The molecule has 0 heterocycles. The predicted octanol–water partition coefficient (Wildman–Crippen LogP) is 7.00. The molecule has 0 radical (unpaired) electrons. The maximum atomic E-state index is 12.8. The Kier molecular flexibility index (Phi) is 9.37. The van der Waals surface area contributed by atoms with E-state index in [1.165, 1.54) is 6.08 Å². The average molecular weight is 616 g/mol. The second-order valence-electron chi connectivity index (χ2n) is 8.23. The number of hydrogen-bond donors (Lipinski definition) is 1. The van der Waals surface area contributed by atoms with E-state index in [-0.39, 0.29) is 5.57 Å². The Balaban J connectivity index is 1.42. The van der Waals surface area contributed by atoms with Crippen molar-refractivity contribution in [2.24, 2.45) is 0 Å². The van der Waals surface area contributed by atoms with Crippen LogP contribution in [0.25, 0.3) is 6.08 Å². The first kappa shape index (κ1) is 26.8. The lowest BCUT2D eigenvalue weighted by molar-refractivity contribution is -0.112. The molecule has 6 nitrogen and oxygen atoms in total. The summed E-state index contributed by atoms with van der Waals surface area (Å²) < 4.78 is 18.1. The maximum Gasteiger partial charge on any atom is 0.266 e. The van der Waals surface area contributed by atoms with E-state index in [4.69, 9.17) is 14.2 Å². The smallest absolute Gasteiger partial charge is 0.266 e. The van der Waals surface area contributed by atoms with E-state index >= 15 is 0 Å². The summed E-state index contributed by atoms with van der Waals surface area (Å²) in [6, 6.07) is 32.3. The number of nitriles is 1. The molecular formula is C31H25IN2O4. The predicted molar refractivity (Wildman–Crippen MR) is 156 cm³/mol. The quantitative estimate of drug-likeness (QED) is 0.118. The molecule has 0 unspecified atom stereocenters. The van der Waals surface area contributed by atoms with Crippen LogP contribution in [0.1, 0.15) is 16.7 Å². The summed E-state index contributed by atoms with van der Waals surface area (Å²) >= 11 is 2.16. The van der Waals surface area contributed by atoms with Gasteiger partial charge in [-0.15, -0.1) is 0 Å². The van der Waals surface area contributed by atoms with Crippen molar-refractivity contribution in [2.45, 2.75) is 13.2 Å². The highest BCUT2D eigenvalue weighted by atomic mass is 127. The van der Waals surface area contributed by atoms with Crippen LogP contribution in [0.15, 0.2) is 103 Å². The minimum atomic E-state index is -0.510. The van der Waals surface area contributed by atoms with Gasteiger partial charge in [0.2, 0.25) is 0 Å². The fourth-order valence-corrected chi connectivity index (χ4v) is 4.36. The van der Waals surface area contributed by atoms with Crippen LogP contribution in [0.3, 0.4) is 0 Å². The van der Waals surface area contributed by atoms with E-state index in [9.17, 15) is 10.1 Å². The molecule has 0 aliphatic heterocycles. The SMILES string of the molecule is COc1cc(/C=C(\C#N)C(=O)Nc2ccc(OCc3ccccc3)cc2)cc(I)c1OCc1ccccc1. The molecule has 0 aliphatic rings. The number of ether oxygens (including phenoxy) is 3. The van der Waals surface area contributed by atoms with Gasteiger partial charge in [0.05, 0.1) is 10.7 Å². The molecule has 4 aromatic carbocycles. The summed E-state index contributed by atoms with van der Waals surface area (Å²) in [7, 11) is 1.55. The van der Waals surface area contributed by atoms with Gasteiger partial charge in [0.15, 0.2) is 11.5 Å². The van der Waals surface area contributed by atoms with Crippen molar-refractivity contribution in [2.75, 3.05) is 12.4 Å². The highest BCUT2D eigenvalue weighted by Crippen LogP contribution is 2.35. The van der Waals surface area contributed by atoms with Crippen molar-refractivity contribution >= 4 is 40.3 Å². The number of halogens is 1. The first-order valence-corrected chi connectivity index (χ1v) is 12.9. The highest BCUT2D eigenvalue weighted by molar-refractivity contribution is 14.1. The molecule has 190 valence electrons. The molecule has 38 heavy (non-hydrogen) atoms. The molecule has 1 amide bonds. The van der Waals surface area contributed by atoms with Gasteiger partial charge in [-0.25, -0.2) is 0 Å². The topological polar surface area (TPSA) is 80.6 Å². The zero-order valence-corrected chi connectivity index (χ0v) is 22.8. The molecule has 0 spiro atoms. The van der Waals surface area contributed by atoms with Crippen LogP contribution < -0.4 is 19.5 Å². The van der Waals surface area contributed by atoms with E-state index in [2.05, 4.69) is 27.9 Å². The molecule has 4 aromatic rings. The number of nitrogens with one attached hydrogen (secondary N) is 1. The number of anilines is 1. The summed E-state index contributed by atoms with van der Waals surface area (Å²) in [6.45, 7) is 0.844. The first-order chi connectivity index (χ1) is 18.6. The number of benzene rings is 4. The van der Waals surface area contributed by atoms with Crippen LogP contribution in [0, 0.1) is 14.9 Å². The van der Waals surface area contributed by atoms with Gasteiger partial charge in [-0.1, -0.05) is 60.7 Å². The van der Waals surface area contributed by atoms with Gasteiger partial charge in [-0.05, 0) is 81.8 Å². The molecule has 0 fully saturated rings. The Morgan fingerprint density at radius 1 is 0.895 bits per heavy atom. The number of amides is 1. The number of methoxy groups -OCH3 is 1. The Hall–Kier alpha value is -4.29. The van der Waals surface area contributed by atoms with E-state index in [1.807, 2.05) is 72.8 Å².